The van der Waals surface area contributed by atoms with Crippen LogP contribution < -0.4 is 30.5 Å². The van der Waals surface area contributed by atoms with Crippen LogP contribution in [0.25, 0.3) is 0 Å². The fraction of sp³-hybridized carbons (Fsp3) is 0.389. The summed E-state index contributed by atoms with van der Waals surface area (Å²) >= 11 is 0. The third kappa shape index (κ3) is 8.51. The van der Waals surface area contributed by atoms with Crippen molar-refractivity contribution in [2.75, 3.05) is 48.4 Å². The molecule has 10 heteroatoms. The van der Waals surface area contributed by atoms with Crippen LogP contribution in [0, 0.1) is 12.3 Å². The van der Waals surface area contributed by atoms with E-state index in [1.807, 2.05) is 55.5 Å². The first-order valence-corrected chi connectivity index (χ1v) is 15.9. The van der Waals surface area contributed by atoms with Crippen molar-refractivity contribution in [3.63, 3.8) is 0 Å². The normalized spacial score (nSPS) is 16.8. The number of carbonyl (C=O) groups is 4. The first-order chi connectivity index (χ1) is 22.2. The lowest BCUT2D eigenvalue weighted by Gasteiger charge is -2.37. The van der Waals surface area contributed by atoms with E-state index in [1.54, 1.807) is 37.4 Å². The number of nitrogens with one attached hydrogen (secondary N) is 3. The summed E-state index contributed by atoms with van der Waals surface area (Å²) in [5, 5.41) is 8.77. The van der Waals surface area contributed by atoms with Crippen molar-refractivity contribution < 1.29 is 23.9 Å². The smallest absolute Gasteiger partial charge is 0.319 e. The van der Waals surface area contributed by atoms with Gasteiger partial charge in [-0.3, -0.25) is 14.4 Å². The summed E-state index contributed by atoms with van der Waals surface area (Å²) in [6.07, 6.45) is 6.87. The molecule has 242 valence electrons. The van der Waals surface area contributed by atoms with Crippen molar-refractivity contribution in [1.82, 2.24) is 10.6 Å². The number of hydrogen-bond donors (Lipinski definition) is 3. The summed E-state index contributed by atoms with van der Waals surface area (Å²) in [5.74, 6) is -0.418. The predicted molar refractivity (Wildman–Crippen MR) is 179 cm³/mol. The van der Waals surface area contributed by atoms with Gasteiger partial charge in [-0.05, 0) is 80.0 Å². The summed E-state index contributed by atoms with van der Waals surface area (Å²) in [5.41, 5.74) is 3.02. The highest BCUT2D eigenvalue weighted by atomic mass is 16.5. The molecule has 0 bridgehead atoms. The van der Waals surface area contributed by atoms with Gasteiger partial charge in [0.05, 0.1) is 12.6 Å². The lowest BCUT2D eigenvalue weighted by atomic mass is 9.77. The molecule has 1 aliphatic carbocycles. The number of piperidine rings is 1. The fourth-order valence-electron chi connectivity index (χ4n) is 6.31. The number of anilines is 3. The zero-order valence-corrected chi connectivity index (χ0v) is 26.6. The van der Waals surface area contributed by atoms with E-state index in [1.165, 1.54) is 35.5 Å². The van der Waals surface area contributed by atoms with Gasteiger partial charge in [0.25, 0.3) is 0 Å². The van der Waals surface area contributed by atoms with Crippen LogP contribution in [0.4, 0.5) is 21.9 Å². The topological polar surface area (TPSA) is 120 Å². The molecule has 0 radical (unpaired) electrons. The van der Waals surface area contributed by atoms with Crippen molar-refractivity contribution in [3.8, 4) is 5.75 Å². The third-order valence-corrected chi connectivity index (χ3v) is 9.04. The van der Waals surface area contributed by atoms with E-state index in [4.69, 9.17) is 4.74 Å². The average Bonchev–Trinajstić information content (AvgIpc) is 3.53. The molecule has 3 aromatic rings. The zero-order chi connectivity index (χ0) is 32.5. The summed E-state index contributed by atoms with van der Waals surface area (Å²) < 4.78 is 5.90. The van der Waals surface area contributed by atoms with Crippen LogP contribution in [-0.4, -0.2) is 63.0 Å². The standard InChI is InChI=1S/C36H43N5O5/c1-26-10-8-11-27(20-26)39-35(45)37-22-33(43)41(23-34(44)40(2)28-12-4-3-5-13-28)29-14-9-15-30(21-29)46-24-32(42)31-16-19-36(25-38-31)17-6-7-18-36/h3-5,8-15,20-21,31,38H,6-7,16-19,22-25H2,1-2H3,(H2,37,39,45). The highest BCUT2D eigenvalue weighted by molar-refractivity contribution is 6.05. The Bertz CT molecular complexity index is 1530. The van der Waals surface area contributed by atoms with Gasteiger partial charge in [0.15, 0.2) is 5.78 Å². The molecule has 1 aliphatic heterocycles. The number of para-hydroxylation sites is 1. The fourth-order valence-corrected chi connectivity index (χ4v) is 6.31. The average molecular weight is 626 g/mol. The van der Waals surface area contributed by atoms with Crippen molar-refractivity contribution in [3.05, 3.63) is 84.4 Å². The van der Waals surface area contributed by atoms with Gasteiger partial charge in [0.1, 0.15) is 18.9 Å². The molecule has 1 saturated heterocycles. The predicted octanol–water partition coefficient (Wildman–Crippen LogP) is 5.07. The minimum atomic E-state index is -0.544. The first kappa shape index (κ1) is 32.7. The van der Waals surface area contributed by atoms with Crippen LogP contribution in [0.3, 0.4) is 0 Å². The van der Waals surface area contributed by atoms with Crippen molar-refractivity contribution in [2.45, 2.75) is 51.5 Å². The molecule has 4 amide bonds. The lowest BCUT2D eigenvalue weighted by Crippen LogP contribution is -2.49. The Balaban J connectivity index is 1.24. The molecule has 5 rings (SSSR count). The second-order valence-electron chi connectivity index (χ2n) is 12.4. The minimum absolute atomic E-state index is 0.00494. The molecule has 46 heavy (non-hydrogen) atoms. The Labute approximate surface area is 270 Å². The van der Waals surface area contributed by atoms with E-state index in [9.17, 15) is 19.2 Å². The number of carbonyl (C=O) groups excluding carboxylic acids is 4. The molecule has 3 aromatic carbocycles. The van der Waals surface area contributed by atoms with Gasteiger partial charge in [0, 0.05) is 36.7 Å². The molecule has 1 unspecified atom stereocenters. The van der Waals surface area contributed by atoms with Crippen LogP contribution in [0.15, 0.2) is 78.9 Å². The summed E-state index contributed by atoms with van der Waals surface area (Å²) in [6.45, 7) is 2.07. The van der Waals surface area contributed by atoms with E-state index in [-0.39, 0.29) is 37.4 Å². The van der Waals surface area contributed by atoms with Crippen LogP contribution in [0.2, 0.25) is 0 Å². The summed E-state index contributed by atoms with van der Waals surface area (Å²) in [4.78, 5) is 55.3. The highest BCUT2D eigenvalue weighted by Gasteiger charge is 2.39. The van der Waals surface area contributed by atoms with Crippen molar-refractivity contribution in [1.29, 1.82) is 0 Å². The van der Waals surface area contributed by atoms with E-state index < -0.39 is 11.9 Å². The first-order valence-electron chi connectivity index (χ1n) is 15.9. The van der Waals surface area contributed by atoms with E-state index in [0.29, 0.717) is 28.2 Å². The van der Waals surface area contributed by atoms with Gasteiger partial charge in [0.2, 0.25) is 11.8 Å². The number of aryl methyl sites for hydroxylation is 1. The molecule has 1 heterocycles. The number of amides is 4. The Hall–Kier alpha value is -4.70. The monoisotopic (exact) mass is 625 g/mol. The lowest BCUT2D eigenvalue weighted by molar-refractivity contribution is -0.124. The van der Waals surface area contributed by atoms with Gasteiger partial charge < -0.3 is 30.5 Å². The molecule has 1 spiro atoms. The molecule has 1 saturated carbocycles. The van der Waals surface area contributed by atoms with Gasteiger partial charge in [-0.2, -0.15) is 0 Å². The van der Waals surface area contributed by atoms with E-state index in [0.717, 1.165) is 24.9 Å². The Morgan fingerprint density at radius 2 is 1.63 bits per heavy atom. The minimum Gasteiger partial charge on any atom is -0.486 e. The van der Waals surface area contributed by atoms with Crippen LogP contribution in [0.5, 0.6) is 5.75 Å². The summed E-state index contributed by atoms with van der Waals surface area (Å²) in [6, 6.07) is 22.4. The second kappa shape index (κ2) is 15.1. The number of ketones is 1. The van der Waals surface area contributed by atoms with Crippen LogP contribution >= 0.6 is 0 Å². The molecule has 2 fully saturated rings. The largest absolute Gasteiger partial charge is 0.486 e. The molecule has 2 aliphatic rings. The number of rotatable bonds is 11. The number of likely N-dealkylation sites (N-methyl/N-ethyl adjacent to an activating group) is 1. The van der Waals surface area contributed by atoms with E-state index >= 15 is 0 Å². The molecule has 10 nitrogen and oxygen atoms in total. The van der Waals surface area contributed by atoms with Crippen molar-refractivity contribution in [2.24, 2.45) is 5.41 Å². The van der Waals surface area contributed by atoms with E-state index in [2.05, 4.69) is 16.0 Å². The number of benzene rings is 3. The quantitative estimate of drug-likeness (QED) is 0.274. The third-order valence-electron chi connectivity index (χ3n) is 9.04. The van der Waals surface area contributed by atoms with Gasteiger partial charge in [-0.25, -0.2) is 4.79 Å². The number of urea groups is 1. The highest BCUT2D eigenvalue weighted by Crippen LogP contribution is 2.43. The number of nitrogens with zero attached hydrogens (tertiary/aromatic N) is 2. The maximum absolute atomic E-state index is 13.5. The van der Waals surface area contributed by atoms with Crippen LogP contribution in [-0.2, 0) is 14.4 Å². The maximum atomic E-state index is 13.5. The Kier molecular flexibility index (Phi) is 10.7. The maximum Gasteiger partial charge on any atom is 0.319 e. The second-order valence-corrected chi connectivity index (χ2v) is 12.4. The molecular formula is C36H43N5O5. The Morgan fingerprint density at radius 3 is 2.35 bits per heavy atom. The zero-order valence-electron chi connectivity index (χ0n) is 26.6. The number of hydrogen-bond acceptors (Lipinski definition) is 6. The van der Waals surface area contributed by atoms with Gasteiger partial charge in [-0.1, -0.05) is 49.2 Å². The molecule has 0 aromatic heterocycles. The number of ether oxygens (including phenoxy) is 1. The summed E-state index contributed by atoms with van der Waals surface area (Å²) in [7, 11) is 1.65. The van der Waals surface area contributed by atoms with Gasteiger partial charge >= 0.3 is 6.03 Å². The molecular weight excluding hydrogens is 582 g/mol. The Morgan fingerprint density at radius 1 is 0.891 bits per heavy atom. The van der Waals surface area contributed by atoms with Crippen LogP contribution in [0.1, 0.15) is 44.1 Å². The van der Waals surface area contributed by atoms with Crippen molar-refractivity contribution >= 4 is 40.7 Å². The number of Topliss-reactive ketones (excluding diaryl/α,β-unsaturated/α-hetero) is 1. The SMILES string of the molecule is Cc1cccc(NC(=O)NCC(=O)N(CC(=O)N(C)c2ccccc2)c2cccc(OCC(=O)C3CCC4(CCCC4)CN3)c2)c1. The molecule has 3 N–H and O–H groups in total. The molecule has 1 atom stereocenters. The van der Waals surface area contributed by atoms with Gasteiger partial charge in [-0.15, -0.1) is 0 Å².